The van der Waals surface area contributed by atoms with Gasteiger partial charge in [0.25, 0.3) is 0 Å². The molecule has 786 valence electrons. The van der Waals surface area contributed by atoms with Crippen molar-refractivity contribution in [2.45, 2.75) is 333 Å². The first kappa shape index (κ1) is 134. The predicted molar refractivity (Wildman–Crippen MR) is 535 cm³/mol. The van der Waals surface area contributed by atoms with Gasteiger partial charge in [-0.15, -0.1) is 0 Å². The molecule has 140 heavy (non-hydrogen) atoms. The van der Waals surface area contributed by atoms with E-state index in [0.717, 1.165) is 126 Å². The Morgan fingerprint density at radius 1 is 0.357 bits per heavy atom. The molecule has 8 rings (SSSR count). The second-order valence-electron chi connectivity index (χ2n) is 38.0. The van der Waals surface area contributed by atoms with Gasteiger partial charge in [-0.2, -0.15) is 15.8 Å². The van der Waals surface area contributed by atoms with Crippen LogP contribution in [0.1, 0.15) is 263 Å². The van der Waals surface area contributed by atoms with Crippen LogP contribution in [-0.2, 0) is 91.8 Å². The topological polar surface area (TPSA) is 649 Å². The van der Waals surface area contributed by atoms with Crippen LogP contribution >= 0.6 is 0 Å². The summed E-state index contributed by atoms with van der Waals surface area (Å²) in [6.07, 6.45) is 20.3. The minimum absolute atomic E-state index is 0.00218. The summed E-state index contributed by atoms with van der Waals surface area (Å²) in [6, 6.07) is 47.5. The Balaban J connectivity index is -0.00000148. The molecule has 0 radical (unpaired) electrons. The van der Waals surface area contributed by atoms with Crippen LogP contribution in [0.4, 0.5) is 0 Å². The molecule has 0 heterocycles. The summed E-state index contributed by atoms with van der Waals surface area (Å²) >= 11 is 0. The number of hydrogen-bond donors (Lipinski definition) is 18. The zero-order valence-electron chi connectivity index (χ0n) is 84.9. The number of ether oxygens (including phenoxy) is 6. The normalized spacial score (nSPS) is 16.1. The number of benzene rings is 5. The van der Waals surface area contributed by atoms with Gasteiger partial charge in [0, 0.05) is 67.3 Å². The van der Waals surface area contributed by atoms with E-state index in [9.17, 15) is 59.1 Å². The summed E-state index contributed by atoms with van der Waals surface area (Å²) in [7, 11) is 9.38. The van der Waals surface area contributed by atoms with Crippen LogP contribution in [0.15, 0.2) is 152 Å². The smallest absolute Gasteiger partial charge is 0.364 e. The molecule has 0 aromatic heterocycles. The lowest BCUT2D eigenvalue weighted by molar-refractivity contribution is -0.169. The van der Waals surface area contributed by atoms with E-state index in [1.807, 2.05) is 145 Å². The van der Waals surface area contributed by atoms with Gasteiger partial charge in [-0.3, -0.25) is 24.0 Å². The Hall–Kier alpha value is -10.3. The van der Waals surface area contributed by atoms with Crippen LogP contribution < -0.4 is 34.4 Å². The Kier molecular flexibility index (Phi) is 71.3. The van der Waals surface area contributed by atoms with Crippen molar-refractivity contribution in [1.29, 1.82) is 15.8 Å². The predicted octanol–water partition coefficient (Wildman–Crippen LogP) is 14.1. The number of carboxylic acid groups (broad SMARTS) is 7. The molecule has 0 bridgehead atoms. The minimum atomic E-state index is -1.72. The summed E-state index contributed by atoms with van der Waals surface area (Å²) in [4.78, 5) is 77.9. The second-order valence-corrected chi connectivity index (χ2v) is 38.0. The zero-order chi connectivity index (χ0) is 107. The van der Waals surface area contributed by atoms with Gasteiger partial charge in [0.2, 0.25) is 0 Å². The molecule has 35 heteroatoms. The first-order valence-electron chi connectivity index (χ1n) is 47.3. The molecule has 5 aromatic rings. The molecule has 5 aromatic carbocycles. The summed E-state index contributed by atoms with van der Waals surface area (Å²) in [5, 5.41) is 136. The Bertz CT molecular complexity index is 4150. The van der Waals surface area contributed by atoms with Gasteiger partial charge < -0.3 is 124 Å². The largest absolute Gasteiger partial charge is 0.480 e. The molecule has 0 aliphatic heterocycles. The molecule has 35 nitrogen and oxygen atoms in total. The number of aliphatic hydroxyl groups excluding tert-OH is 2. The van der Waals surface area contributed by atoms with Crippen molar-refractivity contribution < 1.29 is 123 Å². The lowest BCUT2D eigenvalue weighted by atomic mass is 9.73. The molecule has 24 N–H and O–H groups in total. The zero-order valence-corrected chi connectivity index (χ0v) is 84.9. The molecule has 3 aliphatic rings. The van der Waals surface area contributed by atoms with Gasteiger partial charge in [-0.05, 0) is 166 Å². The molecule has 3 aliphatic carbocycles. The van der Waals surface area contributed by atoms with E-state index < -0.39 is 95.1 Å². The fourth-order valence-corrected chi connectivity index (χ4v) is 14.9. The SMILES string of the molecule is CC(C)(C)CC(N)C#N.CC(C)(C)C[C@@H](N)C(=O)O.CC(C)(C)C[C@H](N)C(=O)O.COC(CCCC(N)C#N)OC.COC(CCC[C@@H](N)C(=O)O)OC.COC(CCC[C@H](N)C(=O)O)OC.N#CC(O)Cc1ccccc1.O=C(O)[C@@](O)(c1ccccc1)C1CCCCC1.O=C(O)[C@H](O)Cc1ccccc1.O=C(O)[C@](O)(c1ccccc1)C1CCCCC1.[C-]#[N+]C(O)(c1ccccc1)C1CCCCC1. The van der Waals surface area contributed by atoms with Crippen molar-refractivity contribution in [2.75, 3.05) is 42.7 Å². The van der Waals surface area contributed by atoms with E-state index in [1.165, 1.54) is 6.42 Å². The van der Waals surface area contributed by atoms with E-state index in [-0.39, 0.29) is 71.4 Å². The number of nitrogens with zero attached hydrogens (tertiary/aromatic N) is 4. The van der Waals surface area contributed by atoms with Gasteiger partial charge in [-0.1, -0.05) is 260 Å². The first-order chi connectivity index (χ1) is 65.7. The van der Waals surface area contributed by atoms with E-state index >= 15 is 0 Å². The third kappa shape index (κ3) is 60.7. The molecular formula is C105H166N10O25. The highest BCUT2D eigenvalue weighted by molar-refractivity contribution is 5.80. The Morgan fingerprint density at radius 3 is 0.850 bits per heavy atom. The molecule has 0 spiro atoms. The van der Waals surface area contributed by atoms with E-state index in [1.54, 1.807) is 109 Å². The van der Waals surface area contributed by atoms with Crippen molar-refractivity contribution >= 4 is 41.8 Å². The summed E-state index contributed by atoms with van der Waals surface area (Å²) in [5.41, 5.74) is 31.0. The van der Waals surface area contributed by atoms with Gasteiger partial charge in [-0.25, -0.2) is 21.0 Å². The quantitative estimate of drug-likeness (QED) is 0.00991. The second kappa shape index (κ2) is 74.6. The Morgan fingerprint density at radius 2 is 0.621 bits per heavy atom. The van der Waals surface area contributed by atoms with Crippen LogP contribution in [0.25, 0.3) is 4.85 Å². The number of methoxy groups -OCH3 is 6. The van der Waals surface area contributed by atoms with E-state index in [4.69, 9.17) is 121 Å². The van der Waals surface area contributed by atoms with E-state index in [2.05, 4.69) is 25.6 Å². The first-order valence-corrected chi connectivity index (χ1v) is 47.3. The third-order valence-corrected chi connectivity index (χ3v) is 22.5. The van der Waals surface area contributed by atoms with Crippen LogP contribution in [0.3, 0.4) is 0 Å². The summed E-state index contributed by atoms with van der Waals surface area (Å²) in [5.74, 6) is -7.46. The number of aliphatic hydroxyl groups is 5. The van der Waals surface area contributed by atoms with E-state index in [0.29, 0.717) is 75.3 Å². The van der Waals surface area contributed by atoms with Crippen molar-refractivity contribution in [2.24, 2.45) is 68.4 Å². The molecule has 0 amide bonds. The van der Waals surface area contributed by atoms with Gasteiger partial charge in [0.1, 0.15) is 30.3 Å². The van der Waals surface area contributed by atoms with Gasteiger partial charge in [0.05, 0.1) is 41.8 Å². The van der Waals surface area contributed by atoms with Crippen molar-refractivity contribution in [3.05, 3.63) is 191 Å². The molecular weight excluding hydrogens is 1800 g/mol. The number of hydrogen-bond acceptors (Lipinski definition) is 27. The molecule has 4 unspecified atom stereocenters. The molecule has 11 atom stereocenters. The maximum atomic E-state index is 11.5. The van der Waals surface area contributed by atoms with Gasteiger partial charge in [0.15, 0.2) is 36.2 Å². The summed E-state index contributed by atoms with van der Waals surface area (Å²) in [6.45, 7) is 25.3. The lowest BCUT2D eigenvalue weighted by Gasteiger charge is -2.35. The number of aliphatic carboxylic acids is 7. The minimum Gasteiger partial charge on any atom is -0.480 e. The average Bonchev–Trinajstić information content (AvgIpc) is 0.767. The fourth-order valence-electron chi connectivity index (χ4n) is 14.9. The number of nitriles is 3. The van der Waals surface area contributed by atoms with Crippen molar-refractivity contribution in [1.82, 2.24) is 0 Å². The maximum absolute atomic E-state index is 11.5. The highest BCUT2D eigenvalue weighted by Gasteiger charge is 2.48. The Labute approximate surface area is 829 Å². The van der Waals surface area contributed by atoms with Crippen LogP contribution in [0, 0.1) is 74.6 Å². The lowest BCUT2D eigenvalue weighted by Crippen LogP contribution is -2.43. The maximum Gasteiger partial charge on any atom is 0.364 e. The monoisotopic (exact) mass is 1970 g/mol. The summed E-state index contributed by atoms with van der Waals surface area (Å²) < 4.78 is 29.7. The number of rotatable bonds is 38. The highest BCUT2D eigenvalue weighted by Crippen LogP contribution is 2.43. The van der Waals surface area contributed by atoms with Gasteiger partial charge >= 0.3 is 47.5 Å². The standard InChI is InChI=1S/C14H17NO.2C14H18O3.C9H9NO.C9H10O3.C8H16N2O2.2C8H17NO4.C7H14N2.2C7H15NO2/c1-15-14(16,12-8-4-2-5-9-12)13-10-6-3-7-11-13;2*15-13(16)14(17,11-7-3-1-4-8-11)12-9-5-2-6-10-12;10-7-9(11)6-8-4-2-1-3-5-8;10-8(9(11)12)6-7-4-2-1-3-5-7;1-11-8(12-2)5-3-4-7(10)6-9;2*1-12-7(13-2)5-3-4-6(9)8(10)11;1-7(2,3)4-6(9)5-8;2*1-7(2,3)4-5(8)6(9)10/h2,4-5,8-9,13,16H,3,6-7,10-11H2;2*1,3-4,7-8,12,17H,2,5-6,9-10H2,(H,15,16);1-5,9,11H,6H2;1-5,8,10H,6H2,(H,11,12);7-8H,3-5,10H2,1-2H3;2*6-7H,3-5,9H2,1-2H3,(H,10,11);6H,4,9H2,1-3H3;2*5H,4,8H2,1-3H3,(H,9,10)/t;2*14-;;8-;;2*6-;;2*5-/m.10.1.10.10/s1. The molecule has 3 saturated carbocycles. The third-order valence-electron chi connectivity index (χ3n) is 22.5. The van der Waals surface area contributed by atoms with Crippen LogP contribution in [0.5, 0.6) is 0 Å². The number of carbonyl (C=O) groups is 7. The van der Waals surface area contributed by atoms with Crippen molar-refractivity contribution in [3.63, 3.8) is 0 Å². The van der Waals surface area contributed by atoms with Crippen molar-refractivity contribution in [3.8, 4) is 18.2 Å². The fraction of sp³-hybridized carbons (Fsp3) is 0.610. The molecule has 0 saturated heterocycles. The molecule has 3 fully saturated rings. The number of nitrogens with two attached hydrogens (primary N) is 6. The van der Waals surface area contributed by atoms with Crippen LogP contribution in [-0.4, -0.2) is 213 Å². The highest BCUT2D eigenvalue weighted by atomic mass is 16.7. The average molecular weight is 1970 g/mol. The number of carboxylic acids is 7. The van der Waals surface area contributed by atoms with Crippen LogP contribution in [0.2, 0.25) is 0 Å².